The van der Waals surface area contributed by atoms with Crippen molar-refractivity contribution in [1.29, 1.82) is 0 Å². The Kier molecular flexibility index (Phi) is 9.87. The molecule has 0 radical (unpaired) electrons. The molecule has 0 saturated heterocycles. The van der Waals surface area contributed by atoms with Crippen molar-refractivity contribution < 1.29 is 24.0 Å². The number of carbonyl (C=O) groups is 3. The lowest BCUT2D eigenvalue weighted by molar-refractivity contribution is -0.135. The zero-order valence-corrected chi connectivity index (χ0v) is 15.8. The van der Waals surface area contributed by atoms with Crippen molar-refractivity contribution in [3.05, 3.63) is 11.7 Å². The van der Waals surface area contributed by atoms with E-state index in [-0.39, 0.29) is 30.5 Å². The summed E-state index contributed by atoms with van der Waals surface area (Å²) in [5.74, 6) is -1.50. The van der Waals surface area contributed by atoms with Crippen molar-refractivity contribution in [3.8, 4) is 0 Å². The Morgan fingerprint density at radius 3 is 2.52 bits per heavy atom. The maximum absolute atomic E-state index is 11.8. The summed E-state index contributed by atoms with van der Waals surface area (Å²) in [6, 6.07) is -2.12. The van der Waals surface area contributed by atoms with Gasteiger partial charge in [-0.15, -0.1) is 0 Å². The van der Waals surface area contributed by atoms with Crippen LogP contribution in [0.1, 0.15) is 55.9 Å². The quantitative estimate of drug-likeness (QED) is 0.108. The molecule has 1 aromatic rings. The van der Waals surface area contributed by atoms with Crippen LogP contribution in [0.2, 0.25) is 0 Å². The number of carboxylic acid groups (broad SMARTS) is 1. The van der Waals surface area contributed by atoms with Gasteiger partial charge in [-0.2, -0.15) is 4.98 Å². The number of amides is 3. The van der Waals surface area contributed by atoms with Crippen LogP contribution in [0.5, 0.6) is 0 Å². The molecule has 1 heterocycles. The number of rotatable bonds is 13. The van der Waals surface area contributed by atoms with Gasteiger partial charge in [-0.1, -0.05) is 5.16 Å². The van der Waals surface area contributed by atoms with Gasteiger partial charge in [-0.25, -0.2) is 4.79 Å². The molecule has 14 nitrogen and oxygen atoms in total. The topological polar surface area (TPSA) is 251 Å². The highest BCUT2D eigenvalue weighted by Gasteiger charge is 2.23. The van der Waals surface area contributed by atoms with Crippen molar-refractivity contribution in [2.45, 2.75) is 44.2 Å². The highest BCUT2D eigenvalue weighted by atomic mass is 16.5. The van der Waals surface area contributed by atoms with Crippen LogP contribution in [0.15, 0.2) is 9.52 Å². The van der Waals surface area contributed by atoms with E-state index in [1.807, 2.05) is 0 Å². The third-order valence-corrected chi connectivity index (χ3v) is 3.69. The molecule has 1 rings (SSSR count). The van der Waals surface area contributed by atoms with Crippen molar-refractivity contribution in [2.75, 3.05) is 13.1 Å². The van der Waals surface area contributed by atoms with Gasteiger partial charge in [0.1, 0.15) is 12.6 Å². The number of hydrogen-bond donors (Lipinski definition) is 7. The molecular weight excluding hydrogens is 386 g/mol. The highest BCUT2D eigenvalue weighted by molar-refractivity contribution is 5.80. The minimum Gasteiger partial charge on any atom is -0.480 e. The molecule has 0 spiro atoms. The highest BCUT2D eigenvalue weighted by Crippen LogP contribution is 2.20. The molecule has 0 aromatic carbocycles. The van der Waals surface area contributed by atoms with Gasteiger partial charge in [0.05, 0.1) is 6.04 Å². The Morgan fingerprint density at radius 2 is 1.90 bits per heavy atom. The van der Waals surface area contributed by atoms with Crippen LogP contribution in [0.4, 0.5) is 4.79 Å². The molecule has 29 heavy (non-hydrogen) atoms. The van der Waals surface area contributed by atoms with Gasteiger partial charge >= 0.3 is 12.0 Å². The van der Waals surface area contributed by atoms with Crippen LogP contribution < -0.4 is 33.6 Å². The number of nitrogens with zero attached hydrogens (tertiary/aromatic N) is 3. The number of unbranched alkanes of at least 4 members (excludes halogenated alkanes) is 1. The van der Waals surface area contributed by atoms with Crippen LogP contribution in [-0.2, 0) is 9.59 Å². The lowest BCUT2D eigenvalue weighted by Crippen LogP contribution is -2.40. The molecule has 0 aliphatic heterocycles. The summed E-state index contributed by atoms with van der Waals surface area (Å²) >= 11 is 0. The van der Waals surface area contributed by atoms with E-state index < -0.39 is 36.5 Å². The van der Waals surface area contributed by atoms with E-state index in [0.29, 0.717) is 13.0 Å². The molecular formula is C15H27N9O5. The van der Waals surface area contributed by atoms with Crippen LogP contribution >= 0.6 is 0 Å². The zero-order chi connectivity index (χ0) is 21.8. The molecule has 0 bridgehead atoms. The zero-order valence-electron chi connectivity index (χ0n) is 15.8. The number of hydrogen-bond acceptors (Lipinski definition) is 8. The number of guanidine groups is 1. The van der Waals surface area contributed by atoms with E-state index in [1.165, 1.54) is 0 Å². The van der Waals surface area contributed by atoms with Gasteiger partial charge in [0.2, 0.25) is 11.8 Å². The normalized spacial score (nSPS) is 12.6. The Morgan fingerprint density at radius 1 is 1.17 bits per heavy atom. The molecule has 162 valence electrons. The van der Waals surface area contributed by atoms with Crippen LogP contribution in [0.3, 0.4) is 0 Å². The number of urea groups is 1. The summed E-state index contributed by atoms with van der Waals surface area (Å²) in [5.41, 5.74) is 21.7. The van der Waals surface area contributed by atoms with Crippen molar-refractivity contribution in [3.63, 3.8) is 0 Å². The minimum atomic E-state index is -1.21. The largest absolute Gasteiger partial charge is 0.480 e. The van der Waals surface area contributed by atoms with Crippen LogP contribution in [0, 0.1) is 0 Å². The van der Waals surface area contributed by atoms with E-state index in [0.717, 1.165) is 12.8 Å². The summed E-state index contributed by atoms with van der Waals surface area (Å²) in [7, 11) is 0. The Hall–Kier alpha value is -3.42. The van der Waals surface area contributed by atoms with Crippen molar-refractivity contribution in [1.82, 2.24) is 20.8 Å². The molecule has 0 aliphatic carbocycles. The second kappa shape index (κ2) is 12.1. The molecule has 0 fully saturated rings. The third-order valence-electron chi connectivity index (χ3n) is 3.69. The maximum atomic E-state index is 11.8. The SMILES string of the molecule is NC(=O)CC[C@H](NC(=O)NCC(=O)O)c1nc([C@@H](N)CCCCN=C(N)N)no1. The Bertz CT molecular complexity index is 717. The van der Waals surface area contributed by atoms with Crippen molar-refractivity contribution >= 4 is 23.9 Å². The average molecular weight is 413 g/mol. The number of aliphatic imine (C=N–C) groups is 1. The first-order chi connectivity index (χ1) is 13.7. The Balaban J connectivity index is 2.68. The first-order valence-corrected chi connectivity index (χ1v) is 8.88. The molecule has 1 aromatic heterocycles. The number of nitrogens with two attached hydrogens (primary N) is 4. The number of primary amides is 1. The fourth-order valence-corrected chi connectivity index (χ4v) is 2.26. The molecule has 3 amide bonds. The van der Waals surface area contributed by atoms with Gasteiger partial charge in [0.15, 0.2) is 11.8 Å². The van der Waals surface area contributed by atoms with Crippen LogP contribution in [-0.4, -0.2) is 52.2 Å². The van der Waals surface area contributed by atoms with Gasteiger partial charge < -0.3 is 43.2 Å². The first kappa shape index (κ1) is 23.6. The molecule has 0 unspecified atom stereocenters. The number of carbonyl (C=O) groups excluding carboxylic acids is 2. The van der Waals surface area contributed by atoms with Crippen LogP contribution in [0.25, 0.3) is 0 Å². The summed E-state index contributed by atoms with van der Waals surface area (Å²) in [6.45, 7) is -0.0920. The van der Waals surface area contributed by atoms with E-state index >= 15 is 0 Å². The average Bonchev–Trinajstić information content (AvgIpc) is 3.12. The van der Waals surface area contributed by atoms with E-state index in [9.17, 15) is 14.4 Å². The number of aromatic nitrogens is 2. The van der Waals surface area contributed by atoms with E-state index in [4.69, 9.17) is 32.6 Å². The standard InChI is InChI=1S/C15H27N9O5/c16-8(3-1-2-6-20-14(18)19)12-23-13(29-24-12)9(4-5-10(17)25)22-15(28)21-7-11(26)27/h8-9H,1-7,16H2,(H2,17,25)(H,26,27)(H4,18,19,20)(H2,21,22,28)/t8-,9-/m0/s1. The third kappa shape index (κ3) is 9.90. The van der Waals surface area contributed by atoms with E-state index in [1.54, 1.807) is 0 Å². The van der Waals surface area contributed by atoms with Gasteiger partial charge in [0.25, 0.3) is 0 Å². The molecule has 14 heteroatoms. The number of aliphatic carboxylic acids is 1. The first-order valence-electron chi connectivity index (χ1n) is 8.88. The predicted molar refractivity (Wildman–Crippen MR) is 101 cm³/mol. The fraction of sp³-hybridized carbons (Fsp3) is 0.600. The summed E-state index contributed by atoms with van der Waals surface area (Å²) < 4.78 is 5.16. The van der Waals surface area contributed by atoms with Gasteiger partial charge in [-0.3, -0.25) is 14.6 Å². The molecule has 11 N–H and O–H groups in total. The second-order valence-corrected chi connectivity index (χ2v) is 6.18. The lowest BCUT2D eigenvalue weighted by Gasteiger charge is -2.14. The van der Waals surface area contributed by atoms with Crippen molar-refractivity contribution in [2.24, 2.45) is 27.9 Å². The second-order valence-electron chi connectivity index (χ2n) is 6.18. The molecule has 2 atom stereocenters. The van der Waals surface area contributed by atoms with Gasteiger partial charge in [-0.05, 0) is 25.7 Å². The fourth-order valence-electron chi connectivity index (χ4n) is 2.26. The summed E-state index contributed by atoms with van der Waals surface area (Å²) in [5, 5.41) is 17.0. The smallest absolute Gasteiger partial charge is 0.323 e. The summed E-state index contributed by atoms with van der Waals surface area (Å²) in [6.07, 6.45) is 2.03. The summed E-state index contributed by atoms with van der Waals surface area (Å²) in [4.78, 5) is 41.5. The monoisotopic (exact) mass is 413 g/mol. The Labute approximate surface area is 166 Å². The number of carboxylic acids is 1. The lowest BCUT2D eigenvalue weighted by atomic mass is 10.1. The number of nitrogens with one attached hydrogen (secondary N) is 2. The van der Waals surface area contributed by atoms with E-state index in [2.05, 4.69) is 25.8 Å². The minimum absolute atomic E-state index is 0.0269. The molecule has 0 saturated carbocycles. The predicted octanol–water partition coefficient (Wildman–Crippen LogP) is -1.80. The maximum Gasteiger partial charge on any atom is 0.323 e. The van der Waals surface area contributed by atoms with Gasteiger partial charge in [0, 0.05) is 13.0 Å². The molecule has 0 aliphatic rings.